The third-order valence-electron chi connectivity index (χ3n) is 5.58. The van der Waals surface area contributed by atoms with Crippen LogP contribution in [0.2, 0.25) is 0 Å². The second kappa shape index (κ2) is 11.4. The minimum absolute atomic E-state index is 0.137. The van der Waals surface area contributed by atoms with Gasteiger partial charge in [-0.05, 0) is 49.1 Å². The third kappa shape index (κ3) is 6.13. The Kier molecular flexibility index (Phi) is 8.33. The number of likely N-dealkylation sites (tertiary alicyclic amines) is 1. The summed E-state index contributed by atoms with van der Waals surface area (Å²) < 4.78 is 18.5. The Bertz CT molecular complexity index is 930. The first-order chi connectivity index (χ1) is 15.5. The maximum Gasteiger partial charge on any atom is 0.253 e. The van der Waals surface area contributed by atoms with Crippen molar-refractivity contribution in [2.45, 2.75) is 18.9 Å². The quantitative estimate of drug-likeness (QED) is 0.615. The zero-order valence-corrected chi connectivity index (χ0v) is 18.1. The van der Waals surface area contributed by atoms with Crippen LogP contribution < -0.4 is 10.6 Å². The molecule has 0 unspecified atom stereocenters. The van der Waals surface area contributed by atoms with Crippen LogP contribution >= 0.6 is 0 Å². The number of hydrogen-bond donors (Lipinski definition) is 2. The number of rotatable bonds is 8. The SMILES string of the molecule is COCCNC(=O)[C@@H](NC(=O)c1ccccc1)C1CCN(C(=O)c2cccc(F)c2)CC1. The highest BCUT2D eigenvalue weighted by Crippen LogP contribution is 2.23. The predicted octanol–water partition coefficient (Wildman–Crippen LogP) is 2.24. The molecule has 1 aliphatic rings. The Morgan fingerprint density at radius 2 is 1.75 bits per heavy atom. The average molecular weight is 442 g/mol. The van der Waals surface area contributed by atoms with Crippen molar-refractivity contribution in [2.75, 3.05) is 33.4 Å². The number of benzene rings is 2. The van der Waals surface area contributed by atoms with Gasteiger partial charge in [0.05, 0.1) is 6.61 Å². The second-order valence-electron chi connectivity index (χ2n) is 7.74. The number of hydrogen-bond acceptors (Lipinski definition) is 4. The molecule has 0 bridgehead atoms. The van der Waals surface area contributed by atoms with E-state index in [2.05, 4.69) is 10.6 Å². The highest BCUT2D eigenvalue weighted by atomic mass is 19.1. The van der Waals surface area contributed by atoms with E-state index >= 15 is 0 Å². The van der Waals surface area contributed by atoms with E-state index in [4.69, 9.17) is 4.74 Å². The van der Waals surface area contributed by atoms with E-state index in [0.717, 1.165) is 0 Å². The lowest BCUT2D eigenvalue weighted by molar-refractivity contribution is -0.124. The molecule has 1 aliphatic heterocycles. The van der Waals surface area contributed by atoms with E-state index in [0.29, 0.717) is 50.2 Å². The van der Waals surface area contributed by atoms with Gasteiger partial charge in [-0.1, -0.05) is 24.3 Å². The Morgan fingerprint density at radius 3 is 2.41 bits per heavy atom. The normalized spacial score (nSPS) is 15.1. The summed E-state index contributed by atoms with van der Waals surface area (Å²) in [5, 5.41) is 5.67. The number of piperidine rings is 1. The summed E-state index contributed by atoms with van der Waals surface area (Å²) in [5.74, 6) is -1.43. The summed E-state index contributed by atoms with van der Waals surface area (Å²) in [6.07, 6.45) is 1.08. The molecule has 0 aliphatic carbocycles. The van der Waals surface area contributed by atoms with Crippen LogP contribution in [0.1, 0.15) is 33.6 Å². The van der Waals surface area contributed by atoms with Crippen molar-refractivity contribution in [2.24, 2.45) is 5.92 Å². The molecular weight excluding hydrogens is 413 g/mol. The van der Waals surface area contributed by atoms with Crippen molar-refractivity contribution < 1.29 is 23.5 Å². The van der Waals surface area contributed by atoms with Gasteiger partial charge in [0.1, 0.15) is 11.9 Å². The van der Waals surface area contributed by atoms with Gasteiger partial charge in [0.2, 0.25) is 5.91 Å². The van der Waals surface area contributed by atoms with E-state index in [1.165, 1.54) is 18.2 Å². The molecule has 8 heteroatoms. The smallest absolute Gasteiger partial charge is 0.253 e. The largest absolute Gasteiger partial charge is 0.383 e. The standard InChI is InChI=1S/C24H28FN3O4/c1-32-15-12-26-23(30)21(27-22(29)18-6-3-2-4-7-18)17-10-13-28(14-11-17)24(31)19-8-5-9-20(25)16-19/h2-9,16-17,21H,10-15H2,1H3,(H,26,30)(H,27,29)/t21-/m0/s1. The minimum Gasteiger partial charge on any atom is -0.383 e. The molecule has 3 amide bonds. The van der Waals surface area contributed by atoms with Crippen LogP contribution in [-0.4, -0.2) is 62.0 Å². The molecule has 7 nitrogen and oxygen atoms in total. The average Bonchev–Trinajstić information content (AvgIpc) is 2.82. The van der Waals surface area contributed by atoms with E-state index in [1.807, 2.05) is 6.07 Å². The topological polar surface area (TPSA) is 87.7 Å². The summed E-state index contributed by atoms with van der Waals surface area (Å²) in [5.41, 5.74) is 0.774. The lowest BCUT2D eigenvalue weighted by Crippen LogP contribution is -2.54. The van der Waals surface area contributed by atoms with Crippen LogP contribution in [0.3, 0.4) is 0 Å². The number of nitrogens with zero attached hydrogens (tertiary/aromatic N) is 1. The van der Waals surface area contributed by atoms with Crippen LogP contribution in [0.5, 0.6) is 0 Å². The van der Waals surface area contributed by atoms with E-state index < -0.39 is 11.9 Å². The van der Waals surface area contributed by atoms with E-state index in [9.17, 15) is 18.8 Å². The fourth-order valence-electron chi connectivity index (χ4n) is 3.84. The Morgan fingerprint density at radius 1 is 1.06 bits per heavy atom. The van der Waals surface area contributed by atoms with E-state index in [1.54, 1.807) is 42.3 Å². The molecule has 1 heterocycles. The Balaban J connectivity index is 1.66. The molecule has 1 atom stereocenters. The maximum absolute atomic E-state index is 13.5. The van der Waals surface area contributed by atoms with Crippen LogP contribution in [-0.2, 0) is 9.53 Å². The summed E-state index contributed by atoms with van der Waals surface area (Å²) in [6, 6.07) is 13.6. The number of ether oxygens (including phenoxy) is 1. The minimum atomic E-state index is -0.731. The predicted molar refractivity (Wildman–Crippen MR) is 118 cm³/mol. The van der Waals surface area contributed by atoms with Gasteiger partial charge in [0.25, 0.3) is 11.8 Å². The second-order valence-corrected chi connectivity index (χ2v) is 7.74. The highest BCUT2D eigenvalue weighted by molar-refractivity contribution is 5.97. The zero-order chi connectivity index (χ0) is 22.9. The summed E-state index contributed by atoms with van der Waals surface area (Å²) >= 11 is 0. The first kappa shape index (κ1) is 23.4. The number of carbonyl (C=O) groups excluding carboxylic acids is 3. The van der Waals surface area contributed by atoms with Crippen molar-refractivity contribution in [3.8, 4) is 0 Å². The van der Waals surface area contributed by atoms with Gasteiger partial charge >= 0.3 is 0 Å². The first-order valence-electron chi connectivity index (χ1n) is 10.7. The molecular formula is C24H28FN3O4. The van der Waals surface area contributed by atoms with Gasteiger partial charge in [-0.3, -0.25) is 14.4 Å². The molecule has 2 aromatic carbocycles. The molecule has 2 aromatic rings. The molecule has 0 saturated carbocycles. The molecule has 0 radical (unpaired) electrons. The Labute approximate surface area is 186 Å². The zero-order valence-electron chi connectivity index (χ0n) is 18.1. The van der Waals surface area contributed by atoms with Crippen LogP contribution in [0, 0.1) is 11.7 Å². The fourth-order valence-corrected chi connectivity index (χ4v) is 3.84. The van der Waals surface area contributed by atoms with Crippen LogP contribution in [0.15, 0.2) is 54.6 Å². The third-order valence-corrected chi connectivity index (χ3v) is 5.58. The lowest BCUT2D eigenvalue weighted by atomic mass is 9.88. The molecule has 0 aromatic heterocycles. The number of halogens is 1. The maximum atomic E-state index is 13.5. The van der Waals surface area contributed by atoms with Crippen molar-refractivity contribution in [3.63, 3.8) is 0 Å². The molecule has 3 rings (SSSR count). The summed E-state index contributed by atoms with van der Waals surface area (Å²) in [4.78, 5) is 39.9. The molecule has 1 fully saturated rings. The van der Waals surface area contributed by atoms with Gasteiger partial charge in [-0.25, -0.2) is 4.39 Å². The summed E-state index contributed by atoms with van der Waals surface area (Å²) in [6.45, 7) is 1.54. The number of carbonyl (C=O) groups is 3. The van der Waals surface area contributed by atoms with Crippen molar-refractivity contribution >= 4 is 17.7 Å². The highest BCUT2D eigenvalue weighted by Gasteiger charge is 2.34. The van der Waals surface area contributed by atoms with Crippen molar-refractivity contribution in [1.82, 2.24) is 15.5 Å². The molecule has 2 N–H and O–H groups in total. The van der Waals surface area contributed by atoms with Crippen molar-refractivity contribution in [3.05, 3.63) is 71.5 Å². The molecule has 32 heavy (non-hydrogen) atoms. The van der Waals surface area contributed by atoms with Gasteiger partial charge in [-0.15, -0.1) is 0 Å². The number of methoxy groups -OCH3 is 1. The molecule has 170 valence electrons. The lowest BCUT2D eigenvalue weighted by Gasteiger charge is -2.36. The van der Waals surface area contributed by atoms with Crippen LogP contribution in [0.25, 0.3) is 0 Å². The van der Waals surface area contributed by atoms with Crippen molar-refractivity contribution in [1.29, 1.82) is 0 Å². The van der Waals surface area contributed by atoms with Crippen LogP contribution in [0.4, 0.5) is 4.39 Å². The Hall–Kier alpha value is -3.26. The first-order valence-corrected chi connectivity index (χ1v) is 10.7. The molecule has 1 saturated heterocycles. The van der Waals surface area contributed by atoms with Gasteiger partial charge in [0.15, 0.2) is 0 Å². The monoisotopic (exact) mass is 441 g/mol. The van der Waals surface area contributed by atoms with Gasteiger partial charge in [-0.2, -0.15) is 0 Å². The van der Waals surface area contributed by atoms with E-state index in [-0.39, 0.29) is 23.6 Å². The summed E-state index contributed by atoms with van der Waals surface area (Å²) in [7, 11) is 1.55. The number of nitrogens with one attached hydrogen (secondary N) is 2. The molecule has 0 spiro atoms. The van der Waals surface area contributed by atoms with Gasteiger partial charge in [0, 0.05) is 37.9 Å². The van der Waals surface area contributed by atoms with Gasteiger partial charge < -0.3 is 20.3 Å². The fraction of sp³-hybridized carbons (Fsp3) is 0.375. The number of amides is 3.